The highest BCUT2D eigenvalue weighted by Gasteiger charge is 2.34. The maximum Gasteiger partial charge on any atom is 0.424 e. The van der Waals surface area contributed by atoms with Crippen molar-refractivity contribution < 1.29 is 32.6 Å². The summed E-state index contributed by atoms with van der Waals surface area (Å²) in [5, 5.41) is 11.7. The van der Waals surface area contributed by atoms with Gasteiger partial charge in [0.2, 0.25) is 0 Å². The molecule has 2 aromatic rings. The molecule has 2 aromatic carbocycles. The average Bonchev–Trinajstić information content (AvgIpc) is 2.65. The van der Waals surface area contributed by atoms with Gasteiger partial charge in [-0.25, -0.2) is 13.2 Å². The van der Waals surface area contributed by atoms with Crippen LogP contribution in [-0.2, 0) is 19.6 Å². The van der Waals surface area contributed by atoms with E-state index in [2.05, 4.69) is 5.32 Å². The predicted molar refractivity (Wildman–Crippen MR) is 109 cm³/mol. The molecule has 2 rings (SSSR count). The molecule has 0 atom stereocenters. The smallest absolute Gasteiger partial charge is 0.424 e. The Morgan fingerprint density at radius 1 is 1.00 bits per heavy atom. The Kier molecular flexibility index (Phi) is 6.83. The summed E-state index contributed by atoms with van der Waals surface area (Å²) in [6.45, 7) is 3.49. The Bertz CT molecular complexity index is 1030. The molecular formula is C20H22N2O7S. The van der Waals surface area contributed by atoms with E-state index in [-0.39, 0.29) is 15.1 Å². The number of carboxylic acids is 1. The molecule has 0 bridgehead atoms. The minimum absolute atomic E-state index is 0.151. The van der Waals surface area contributed by atoms with E-state index in [0.717, 1.165) is 12.1 Å². The number of anilines is 1. The van der Waals surface area contributed by atoms with Crippen LogP contribution in [0, 0.1) is 0 Å². The lowest BCUT2D eigenvalue weighted by Gasteiger charge is -2.26. The van der Waals surface area contributed by atoms with Gasteiger partial charge in [-0.1, -0.05) is 18.2 Å². The first-order valence-corrected chi connectivity index (χ1v) is 10.3. The minimum atomic E-state index is -4.50. The monoisotopic (exact) mass is 434 g/mol. The molecule has 0 saturated heterocycles. The highest BCUT2D eigenvalue weighted by molar-refractivity contribution is 7.89. The summed E-state index contributed by atoms with van der Waals surface area (Å²) in [5.74, 6) is -1.90. The van der Waals surface area contributed by atoms with Gasteiger partial charge in [0.15, 0.2) is 0 Å². The number of amides is 2. The zero-order valence-electron chi connectivity index (χ0n) is 16.7. The van der Waals surface area contributed by atoms with Gasteiger partial charge >= 0.3 is 12.1 Å². The van der Waals surface area contributed by atoms with Crippen LogP contribution in [0.5, 0.6) is 0 Å². The molecule has 2 amide bonds. The molecule has 0 heterocycles. The second-order valence-corrected chi connectivity index (χ2v) is 9.09. The van der Waals surface area contributed by atoms with Crippen molar-refractivity contribution in [2.75, 3.05) is 11.9 Å². The Labute approximate surface area is 174 Å². The van der Waals surface area contributed by atoms with Crippen molar-refractivity contribution in [1.29, 1.82) is 0 Å². The maximum atomic E-state index is 12.8. The third-order valence-corrected chi connectivity index (χ3v) is 5.34. The van der Waals surface area contributed by atoms with Crippen LogP contribution in [0.2, 0.25) is 0 Å². The van der Waals surface area contributed by atoms with Crippen LogP contribution >= 0.6 is 0 Å². The Hall–Kier alpha value is -3.40. The van der Waals surface area contributed by atoms with E-state index >= 15 is 0 Å². The molecule has 0 radical (unpaired) electrons. The molecule has 2 N–H and O–H groups in total. The van der Waals surface area contributed by atoms with Crippen LogP contribution in [0.25, 0.3) is 0 Å². The van der Waals surface area contributed by atoms with E-state index in [9.17, 15) is 22.8 Å². The van der Waals surface area contributed by atoms with Gasteiger partial charge in [-0.05, 0) is 57.2 Å². The van der Waals surface area contributed by atoms with E-state index in [1.54, 1.807) is 30.3 Å². The number of rotatable bonds is 6. The number of carbonyl (C=O) groups excluding carboxylic acids is 2. The van der Waals surface area contributed by atoms with Crippen molar-refractivity contribution in [3.8, 4) is 0 Å². The van der Waals surface area contributed by atoms with Gasteiger partial charge in [0, 0.05) is 11.3 Å². The van der Waals surface area contributed by atoms with Gasteiger partial charge in [-0.2, -0.15) is 4.31 Å². The van der Waals surface area contributed by atoms with Crippen LogP contribution in [0.1, 0.15) is 31.1 Å². The Morgan fingerprint density at radius 3 is 2.07 bits per heavy atom. The summed E-state index contributed by atoms with van der Waals surface area (Å²) >= 11 is 0. The first-order valence-electron chi connectivity index (χ1n) is 8.84. The fourth-order valence-corrected chi connectivity index (χ4v) is 3.56. The summed E-state index contributed by atoms with van der Waals surface area (Å²) in [4.78, 5) is 35.3. The molecule has 0 aliphatic carbocycles. The number of hydrogen-bond donors (Lipinski definition) is 2. The Balaban J connectivity index is 2.25. The van der Waals surface area contributed by atoms with Gasteiger partial charge in [0.05, 0.1) is 4.90 Å². The van der Waals surface area contributed by atoms with E-state index in [4.69, 9.17) is 9.84 Å². The minimum Gasteiger partial charge on any atom is -0.480 e. The van der Waals surface area contributed by atoms with Crippen molar-refractivity contribution in [2.45, 2.75) is 31.3 Å². The lowest BCUT2D eigenvalue weighted by Crippen LogP contribution is -2.43. The third-order valence-electron chi connectivity index (χ3n) is 3.61. The van der Waals surface area contributed by atoms with Gasteiger partial charge in [-0.3, -0.25) is 9.59 Å². The predicted octanol–water partition coefficient (Wildman–Crippen LogP) is 2.95. The van der Waals surface area contributed by atoms with Gasteiger partial charge < -0.3 is 15.2 Å². The molecule has 0 fully saturated rings. The second kappa shape index (κ2) is 8.95. The van der Waals surface area contributed by atoms with E-state index < -0.39 is 34.2 Å². The topological polar surface area (TPSA) is 130 Å². The molecule has 30 heavy (non-hydrogen) atoms. The normalized spacial score (nSPS) is 11.4. The molecule has 0 aliphatic rings. The zero-order valence-corrected chi connectivity index (χ0v) is 17.5. The molecule has 10 heteroatoms. The number of carbonyl (C=O) groups is 3. The average molecular weight is 434 g/mol. The fraction of sp³-hybridized carbons (Fsp3) is 0.250. The SMILES string of the molecule is CC(C)(C)OC(=O)N(CC(=O)O)S(=O)(=O)c1ccc(NC(=O)c2ccccc2)cc1. The molecule has 0 spiro atoms. The van der Waals surface area contributed by atoms with Crippen LogP contribution in [0.3, 0.4) is 0 Å². The molecule has 9 nitrogen and oxygen atoms in total. The second-order valence-electron chi connectivity index (χ2n) is 7.23. The van der Waals surface area contributed by atoms with E-state index in [1.165, 1.54) is 32.9 Å². The first-order chi connectivity index (χ1) is 13.9. The van der Waals surface area contributed by atoms with Gasteiger partial charge in [0.25, 0.3) is 15.9 Å². The van der Waals surface area contributed by atoms with Crippen molar-refractivity contribution in [3.05, 3.63) is 60.2 Å². The number of nitrogens with one attached hydrogen (secondary N) is 1. The van der Waals surface area contributed by atoms with Crippen molar-refractivity contribution in [1.82, 2.24) is 4.31 Å². The maximum absolute atomic E-state index is 12.8. The molecule has 0 aromatic heterocycles. The van der Waals surface area contributed by atoms with Crippen LogP contribution in [-0.4, -0.2) is 47.9 Å². The summed E-state index contributed by atoms with van der Waals surface area (Å²) in [6.07, 6.45) is -1.30. The summed E-state index contributed by atoms with van der Waals surface area (Å²) in [6, 6.07) is 13.4. The summed E-state index contributed by atoms with van der Waals surface area (Å²) in [7, 11) is -4.50. The molecule has 0 aliphatic heterocycles. The number of benzene rings is 2. The number of ether oxygens (including phenoxy) is 1. The fourth-order valence-electron chi connectivity index (χ4n) is 2.31. The van der Waals surface area contributed by atoms with Crippen LogP contribution < -0.4 is 5.32 Å². The lowest BCUT2D eigenvalue weighted by atomic mass is 10.2. The molecule has 0 saturated carbocycles. The Morgan fingerprint density at radius 2 is 1.57 bits per heavy atom. The highest BCUT2D eigenvalue weighted by Crippen LogP contribution is 2.21. The molecular weight excluding hydrogens is 412 g/mol. The standard InChI is InChI=1S/C20H22N2O7S/c1-20(2,3)29-19(26)22(13-17(23)24)30(27,28)16-11-9-15(10-12-16)21-18(25)14-7-5-4-6-8-14/h4-12H,13H2,1-3H3,(H,21,25)(H,23,24). The quantitative estimate of drug-likeness (QED) is 0.715. The van der Waals surface area contributed by atoms with Crippen LogP contribution in [0.4, 0.5) is 10.5 Å². The number of aliphatic carboxylic acids is 1. The number of hydrogen-bond acceptors (Lipinski definition) is 6. The summed E-state index contributed by atoms with van der Waals surface area (Å²) < 4.78 is 30.8. The van der Waals surface area contributed by atoms with Gasteiger partial charge in [0.1, 0.15) is 12.1 Å². The first kappa shape index (κ1) is 22.9. The number of nitrogens with zero attached hydrogens (tertiary/aromatic N) is 1. The molecule has 0 unspecified atom stereocenters. The third kappa shape index (κ3) is 6.05. The van der Waals surface area contributed by atoms with Crippen molar-refractivity contribution in [3.63, 3.8) is 0 Å². The molecule has 160 valence electrons. The van der Waals surface area contributed by atoms with Crippen molar-refractivity contribution in [2.24, 2.45) is 0 Å². The number of carboxylic acid groups (broad SMARTS) is 1. The van der Waals surface area contributed by atoms with E-state index in [0.29, 0.717) is 11.3 Å². The van der Waals surface area contributed by atoms with E-state index in [1.807, 2.05) is 0 Å². The highest BCUT2D eigenvalue weighted by atomic mass is 32.2. The van der Waals surface area contributed by atoms with Gasteiger partial charge in [-0.15, -0.1) is 0 Å². The largest absolute Gasteiger partial charge is 0.480 e. The number of sulfonamides is 1. The van der Waals surface area contributed by atoms with Crippen LogP contribution in [0.15, 0.2) is 59.5 Å². The zero-order chi connectivity index (χ0) is 22.5. The summed E-state index contributed by atoms with van der Waals surface area (Å²) in [5.41, 5.74) is -0.272. The van der Waals surface area contributed by atoms with Crippen molar-refractivity contribution >= 4 is 33.7 Å². The lowest BCUT2D eigenvalue weighted by molar-refractivity contribution is -0.137.